The standard InChI is InChI=1S/C19H28Cl2N4O3/c20-17-2-1-15(11-18(17)21)13-25-7-10-28-16(14-25)12-23-19(26)22-3-4-24-5-8-27-9-6-24/h1-2,11,16H,3-10,12-14H2,(H2,22,23,26). The van der Waals surface area contributed by atoms with Crippen LogP contribution >= 0.6 is 23.2 Å². The molecule has 1 unspecified atom stereocenters. The van der Waals surface area contributed by atoms with E-state index < -0.39 is 0 Å². The number of carbonyl (C=O) groups is 1. The van der Waals surface area contributed by atoms with E-state index >= 15 is 0 Å². The summed E-state index contributed by atoms with van der Waals surface area (Å²) in [5.41, 5.74) is 1.11. The molecule has 0 aliphatic carbocycles. The number of hydrogen-bond acceptors (Lipinski definition) is 5. The lowest BCUT2D eigenvalue weighted by atomic mass is 10.2. The molecule has 7 nitrogen and oxygen atoms in total. The first-order valence-electron chi connectivity index (χ1n) is 9.70. The number of carbonyl (C=O) groups excluding carboxylic acids is 1. The fraction of sp³-hybridized carbons (Fsp3) is 0.632. The number of halogens is 2. The molecule has 2 heterocycles. The lowest BCUT2D eigenvalue weighted by molar-refractivity contribution is -0.0287. The maximum Gasteiger partial charge on any atom is 0.314 e. The molecular weight excluding hydrogens is 403 g/mol. The lowest BCUT2D eigenvalue weighted by Crippen LogP contribution is -2.49. The maximum absolute atomic E-state index is 12.0. The Morgan fingerprint density at radius 2 is 1.86 bits per heavy atom. The average Bonchev–Trinajstić information content (AvgIpc) is 2.70. The second-order valence-corrected chi connectivity index (χ2v) is 7.88. The molecule has 2 aliphatic heterocycles. The lowest BCUT2D eigenvalue weighted by Gasteiger charge is -2.33. The van der Waals surface area contributed by atoms with Crippen LogP contribution in [0.3, 0.4) is 0 Å². The topological polar surface area (TPSA) is 66.1 Å². The number of nitrogens with zero attached hydrogens (tertiary/aromatic N) is 2. The monoisotopic (exact) mass is 430 g/mol. The fourth-order valence-corrected chi connectivity index (χ4v) is 3.69. The number of rotatable bonds is 7. The van der Waals surface area contributed by atoms with E-state index in [1.165, 1.54) is 0 Å². The zero-order chi connectivity index (χ0) is 19.8. The minimum atomic E-state index is -0.154. The highest BCUT2D eigenvalue weighted by Gasteiger charge is 2.21. The molecule has 0 saturated carbocycles. The Bertz CT molecular complexity index is 644. The van der Waals surface area contributed by atoms with Crippen molar-refractivity contribution in [2.75, 3.05) is 65.6 Å². The van der Waals surface area contributed by atoms with Crippen LogP contribution in [-0.4, -0.2) is 87.6 Å². The summed E-state index contributed by atoms with van der Waals surface area (Å²) in [7, 11) is 0. The van der Waals surface area contributed by atoms with E-state index in [2.05, 4.69) is 20.4 Å². The summed E-state index contributed by atoms with van der Waals surface area (Å²) in [5.74, 6) is 0. The van der Waals surface area contributed by atoms with Gasteiger partial charge in [0.2, 0.25) is 0 Å². The van der Waals surface area contributed by atoms with Crippen LogP contribution in [0.2, 0.25) is 10.0 Å². The Hall–Kier alpha value is -1.09. The molecule has 2 saturated heterocycles. The van der Waals surface area contributed by atoms with Gasteiger partial charge in [-0.2, -0.15) is 0 Å². The number of nitrogens with one attached hydrogen (secondary N) is 2. The van der Waals surface area contributed by atoms with Gasteiger partial charge in [0, 0.05) is 52.4 Å². The van der Waals surface area contributed by atoms with Crippen molar-refractivity contribution in [2.45, 2.75) is 12.6 Å². The first-order valence-corrected chi connectivity index (χ1v) is 10.5. The van der Waals surface area contributed by atoms with E-state index in [0.717, 1.165) is 58.0 Å². The van der Waals surface area contributed by atoms with Crippen molar-refractivity contribution in [3.63, 3.8) is 0 Å². The number of ether oxygens (including phenoxy) is 2. The average molecular weight is 431 g/mol. The van der Waals surface area contributed by atoms with E-state index in [0.29, 0.717) is 29.7 Å². The Kier molecular flexibility index (Phi) is 8.64. The first-order chi connectivity index (χ1) is 13.6. The summed E-state index contributed by atoms with van der Waals surface area (Å²) in [4.78, 5) is 16.6. The molecule has 2 fully saturated rings. The molecule has 2 N–H and O–H groups in total. The largest absolute Gasteiger partial charge is 0.379 e. The highest BCUT2D eigenvalue weighted by molar-refractivity contribution is 6.42. The minimum absolute atomic E-state index is 0.0264. The number of morpholine rings is 2. The van der Waals surface area contributed by atoms with Crippen LogP contribution in [0.1, 0.15) is 5.56 Å². The SMILES string of the molecule is O=C(NCCN1CCOCC1)NCC1CN(Cc2ccc(Cl)c(Cl)c2)CCO1. The van der Waals surface area contributed by atoms with Crippen molar-refractivity contribution in [3.05, 3.63) is 33.8 Å². The second-order valence-electron chi connectivity index (χ2n) is 7.07. The fourth-order valence-electron chi connectivity index (χ4n) is 3.37. The molecule has 156 valence electrons. The molecule has 3 rings (SSSR count). The number of benzene rings is 1. The minimum Gasteiger partial charge on any atom is -0.379 e. The third-order valence-corrected chi connectivity index (χ3v) is 5.66. The molecule has 1 aromatic rings. The van der Waals surface area contributed by atoms with Crippen molar-refractivity contribution < 1.29 is 14.3 Å². The molecule has 2 aliphatic rings. The zero-order valence-electron chi connectivity index (χ0n) is 16.0. The number of hydrogen-bond donors (Lipinski definition) is 2. The van der Waals surface area contributed by atoms with Gasteiger partial charge in [-0.15, -0.1) is 0 Å². The van der Waals surface area contributed by atoms with Crippen LogP contribution in [0, 0.1) is 0 Å². The molecule has 1 atom stereocenters. The van der Waals surface area contributed by atoms with Crippen LogP contribution in [-0.2, 0) is 16.0 Å². The van der Waals surface area contributed by atoms with Gasteiger partial charge in [-0.25, -0.2) is 4.79 Å². The van der Waals surface area contributed by atoms with Crippen LogP contribution in [0.15, 0.2) is 18.2 Å². The molecule has 2 amide bonds. The quantitative estimate of drug-likeness (QED) is 0.690. The van der Waals surface area contributed by atoms with Crippen molar-refractivity contribution in [2.24, 2.45) is 0 Å². The first kappa shape index (κ1) is 21.6. The number of urea groups is 1. The van der Waals surface area contributed by atoms with Gasteiger partial charge in [0.1, 0.15) is 0 Å². The van der Waals surface area contributed by atoms with E-state index in [-0.39, 0.29) is 12.1 Å². The van der Waals surface area contributed by atoms with Gasteiger partial charge < -0.3 is 20.1 Å². The van der Waals surface area contributed by atoms with Crippen molar-refractivity contribution in [1.29, 1.82) is 0 Å². The molecular formula is C19H28Cl2N4O3. The smallest absolute Gasteiger partial charge is 0.314 e. The van der Waals surface area contributed by atoms with Crippen molar-refractivity contribution >= 4 is 29.2 Å². The highest BCUT2D eigenvalue weighted by Crippen LogP contribution is 2.23. The third-order valence-electron chi connectivity index (χ3n) is 4.92. The van der Waals surface area contributed by atoms with Gasteiger partial charge in [0.25, 0.3) is 0 Å². The predicted molar refractivity (Wildman–Crippen MR) is 110 cm³/mol. The molecule has 0 radical (unpaired) electrons. The van der Waals surface area contributed by atoms with Crippen LogP contribution in [0.25, 0.3) is 0 Å². The summed E-state index contributed by atoms with van der Waals surface area (Å²) >= 11 is 12.1. The third kappa shape index (κ3) is 7.06. The predicted octanol–water partition coefficient (Wildman–Crippen LogP) is 1.83. The van der Waals surface area contributed by atoms with Gasteiger partial charge in [0.05, 0.1) is 36.0 Å². The van der Waals surface area contributed by atoms with Crippen LogP contribution in [0.4, 0.5) is 4.79 Å². The van der Waals surface area contributed by atoms with Gasteiger partial charge in [-0.3, -0.25) is 9.80 Å². The van der Waals surface area contributed by atoms with E-state index in [4.69, 9.17) is 32.7 Å². The van der Waals surface area contributed by atoms with Crippen LogP contribution < -0.4 is 10.6 Å². The van der Waals surface area contributed by atoms with E-state index in [1.54, 1.807) is 0 Å². The van der Waals surface area contributed by atoms with Crippen molar-refractivity contribution in [1.82, 2.24) is 20.4 Å². The highest BCUT2D eigenvalue weighted by atomic mass is 35.5. The summed E-state index contributed by atoms with van der Waals surface area (Å²) in [6.07, 6.45) is -0.0264. The molecule has 28 heavy (non-hydrogen) atoms. The van der Waals surface area contributed by atoms with Crippen LogP contribution in [0.5, 0.6) is 0 Å². The van der Waals surface area contributed by atoms with Gasteiger partial charge in [0.15, 0.2) is 0 Å². The maximum atomic E-state index is 12.0. The van der Waals surface area contributed by atoms with Gasteiger partial charge >= 0.3 is 6.03 Å². The Morgan fingerprint density at radius 3 is 2.64 bits per heavy atom. The van der Waals surface area contributed by atoms with Crippen molar-refractivity contribution in [3.8, 4) is 0 Å². The zero-order valence-corrected chi connectivity index (χ0v) is 17.5. The van der Waals surface area contributed by atoms with Gasteiger partial charge in [-0.1, -0.05) is 29.3 Å². The normalized spacial score (nSPS) is 21.4. The summed E-state index contributed by atoms with van der Waals surface area (Å²) in [6, 6.07) is 5.55. The Labute approximate surface area is 176 Å². The summed E-state index contributed by atoms with van der Waals surface area (Å²) in [5, 5.41) is 6.94. The molecule has 0 spiro atoms. The van der Waals surface area contributed by atoms with E-state index in [9.17, 15) is 4.79 Å². The van der Waals surface area contributed by atoms with Gasteiger partial charge in [-0.05, 0) is 17.7 Å². The molecule has 1 aromatic carbocycles. The molecule has 0 bridgehead atoms. The summed E-state index contributed by atoms with van der Waals surface area (Å²) < 4.78 is 11.1. The Morgan fingerprint density at radius 1 is 1.07 bits per heavy atom. The van der Waals surface area contributed by atoms with E-state index in [1.807, 2.05) is 18.2 Å². The summed E-state index contributed by atoms with van der Waals surface area (Å²) in [6.45, 7) is 8.37. The molecule has 0 aromatic heterocycles. The number of amides is 2. The molecule has 9 heteroatoms. The Balaban J connectivity index is 1.33. The second kappa shape index (κ2) is 11.2.